The Morgan fingerprint density at radius 2 is 1.38 bits per heavy atom. The normalized spacial score (nSPS) is 14.5. The van der Waals surface area contributed by atoms with Crippen LogP contribution in [-0.4, -0.2) is 54.2 Å². The lowest BCUT2D eigenvalue weighted by molar-refractivity contribution is -0.155. The molecule has 0 amide bonds. The van der Waals surface area contributed by atoms with Gasteiger partial charge >= 0.3 is 24.2 Å². The van der Waals surface area contributed by atoms with E-state index in [4.69, 9.17) is 34.2 Å². The number of hydrogen-bond donors (Lipinski definition) is 1. The molecule has 0 radical (unpaired) electrons. The lowest BCUT2D eigenvalue weighted by atomic mass is 9.86. The van der Waals surface area contributed by atoms with Crippen LogP contribution in [0.5, 0.6) is 11.5 Å². The van der Waals surface area contributed by atoms with Gasteiger partial charge in [0.25, 0.3) is 0 Å². The first kappa shape index (κ1) is 36.7. The summed E-state index contributed by atoms with van der Waals surface area (Å²) in [6.45, 7) is 16.2. The molecule has 0 aliphatic heterocycles. The Hall–Kier alpha value is -3.34. The second-order valence-corrected chi connectivity index (χ2v) is 12.0. The number of hydrogen-bond acceptors (Lipinski definition) is 11. The predicted molar refractivity (Wildman–Crippen MR) is 156 cm³/mol. The molecule has 0 saturated heterocycles. The van der Waals surface area contributed by atoms with E-state index in [1.807, 2.05) is 27.7 Å². The van der Waals surface area contributed by atoms with Gasteiger partial charge in [-0.2, -0.15) is 0 Å². The summed E-state index contributed by atoms with van der Waals surface area (Å²) in [4.78, 5) is 50.3. The van der Waals surface area contributed by atoms with Crippen molar-refractivity contribution in [1.29, 1.82) is 0 Å². The van der Waals surface area contributed by atoms with Gasteiger partial charge in [0.15, 0.2) is 11.5 Å². The summed E-state index contributed by atoms with van der Waals surface area (Å²) in [5.41, 5.74) is 3.81. The highest BCUT2D eigenvalue weighted by Gasteiger charge is 2.38. The van der Waals surface area contributed by atoms with E-state index < -0.39 is 41.1 Å². The SMILES string of the molecule is CCC(C)CC(=O)OC(C)C[C@@](N)(Cc1ccc(OC(=O)OC(C)(C)CC)c(OC(=O)OC(C)(C)CC)c1)C(=O)OC. The summed E-state index contributed by atoms with van der Waals surface area (Å²) in [5, 5.41) is 0. The standard InChI is InChI=1S/C31H49NO10/c1-11-20(4)16-25(33)38-21(5)18-31(32,26(34)37-10)19-22-14-15-23(39-27(35)41-29(6,7)12-2)24(17-22)40-28(36)42-30(8,9)13-3/h14-15,17,20-21H,11-13,16,18-19,32H2,1-10H3/t20?,21?,31-/m1/s1. The Labute approximate surface area is 249 Å². The van der Waals surface area contributed by atoms with Crippen LogP contribution in [0.25, 0.3) is 0 Å². The molecule has 3 atom stereocenters. The van der Waals surface area contributed by atoms with Crippen molar-refractivity contribution < 1.29 is 47.6 Å². The van der Waals surface area contributed by atoms with Crippen molar-refractivity contribution in [3.8, 4) is 11.5 Å². The van der Waals surface area contributed by atoms with Gasteiger partial charge in [-0.3, -0.25) is 9.59 Å². The molecular formula is C31H49NO10. The van der Waals surface area contributed by atoms with Crippen LogP contribution in [0, 0.1) is 5.92 Å². The average Bonchev–Trinajstić information content (AvgIpc) is 2.88. The van der Waals surface area contributed by atoms with Gasteiger partial charge in [0.1, 0.15) is 22.8 Å². The van der Waals surface area contributed by atoms with Crippen molar-refractivity contribution in [3.63, 3.8) is 0 Å². The molecule has 1 aromatic carbocycles. The molecule has 11 nitrogen and oxygen atoms in total. The Balaban J connectivity index is 3.32. The maximum absolute atomic E-state index is 12.8. The molecule has 1 aromatic rings. The van der Waals surface area contributed by atoms with Gasteiger partial charge in [-0.15, -0.1) is 0 Å². The average molecular weight is 596 g/mol. The lowest BCUT2D eigenvalue weighted by Crippen LogP contribution is -2.53. The van der Waals surface area contributed by atoms with Crippen LogP contribution in [0.2, 0.25) is 0 Å². The molecule has 2 unspecified atom stereocenters. The molecule has 2 N–H and O–H groups in total. The summed E-state index contributed by atoms with van der Waals surface area (Å²) in [5.74, 6) is -1.18. The molecule has 11 heteroatoms. The van der Waals surface area contributed by atoms with E-state index in [1.54, 1.807) is 40.7 Å². The monoisotopic (exact) mass is 595 g/mol. The zero-order chi connectivity index (χ0) is 32.3. The number of benzene rings is 1. The molecule has 238 valence electrons. The second-order valence-electron chi connectivity index (χ2n) is 12.0. The van der Waals surface area contributed by atoms with Crippen molar-refractivity contribution in [2.45, 2.75) is 124 Å². The van der Waals surface area contributed by atoms with Crippen molar-refractivity contribution in [1.82, 2.24) is 0 Å². The molecule has 0 saturated carbocycles. The van der Waals surface area contributed by atoms with Crippen LogP contribution in [0.4, 0.5) is 9.59 Å². The largest absolute Gasteiger partial charge is 0.514 e. The van der Waals surface area contributed by atoms with E-state index in [9.17, 15) is 19.2 Å². The molecule has 0 aliphatic rings. The van der Waals surface area contributed by atoms with Gasteiger partial charge < -0.3 is 34.2 Å². The highest BCUT2D eigenvalue weighted by molar-refractivity contribution is 5.81. The minimum atomic E-state index is -1.60. The van der Waals surface area contributed by atoms with Crippen molar-refractivity contribution in [2.75, 3.05) is 7.11 Å². The van der Waals surface area contributed by atoms with Crippen LogP contribution in [0.15, 0.2) is 18.2 Å². The van der Waals surface area contributed by atoms with E-state index >= 15 is 0 Å². The highest BCUT2D eigenvalue weighted by Crippen LogP contribution is 2.33. The quantitative estimate of drug-likeness (QED) is 0.139. The summed E-state index contributed by atoms with van der Waals surface area (Å²) < 4.78 is 32.0. The van der Waals surface area contributed by atoms with Crippen LogP contribution in [0.1, 0.15) is 100.0 Å². The summed E-state index contributed by atoms with van der Waals surface area (Å²) in [6, 6.07) is 4.38. The molecule has 0 bridgehead atoms. The minimum Gasteiger partial charge on any atom is -0.468 e. The van der Waals surface area contributed by atoms with Crippen LogP contribution < -0.4 is 15.2 Å². The summed E-state index contributed by atoms with van der Waals surface area (Å²) >= 11 is 0. The molecule has 42 heavy (non-hydrogen) atoms. The first-order valence-electron chi connectivity index (χ1n) is 14.4. The first-order valence-corrected chi connectivity index (χ1v) is 14.4. The maximum atomic E-state index is 12.8. The van der Waals surface area contributed by atoms with Crippen molar-refractivity contribution in [3.05, 3.63) is 23.8 Å². The number of rotatable bonds is 15. The number of carbonyl (C=O) groups excluding carboxylic acids is 4. The third-order valence-electron chi connectivity index (χ3n) is 7.12. The Kier molecular flexibility index (Phi) is 13.8. The second kappa shape index (κ2) is 15.8. The zero-order valence-corrected chi connectivity index (χ0v) is 26.8. The molecule has 0 aromatic heterocycles. The molecule has 0 heterocycles. The van der Waals surface area contributed by atoms with E-state index in [2.05, 4.69) is 0 Å². The fourth-order valence-electron chi connectivity index (χ4n) is 3.69. The van der Waals surface area contributed by atoms with E-state index in [1.165, 1.54) is 19.2 Å². The van der Waals surface area contributed by atoms with Crippen molar-refractivity contribution >= 4 is 24.2 Å². The number of methoxy groups -OCH3 is 1. The lowest BCUT2D eigenvalue weighted by Gasteiger charge is -2.30. The van der Waals surface area contributed by atoms with Crippen molar-refractivity contribution in [2.24, 2.45) is 11.7 Å². The molecule has 0 fully saturated rings. The van der Waals surface area contributed by atoms with E-state index in [0.717, 1.165) is 6.42 Å². The van der Waals surface area contributed by atoms with E-state index in [0.29, 0.717) is 18.4 Å². The molecular weight excluding hydrogens is 546 g/mol. The van der Waals surface area contributed by atoms with Crippen LogP contribution in [0.3, 0.4) is 0 Å². The Morgan fingerprint density at radius 3 is 1.86 bits per heavy atom. The third kappa shape index (κ3) is 12.3. The fourth-order valence-corrected chi connectivity index (χ4v) is 3.69. The van der Waals surface area contributed by atoms with Crippen LogP contribution >= 0.6 is 0 Å². The zero-order valence-electron chi connectivity index (χ0n) is 26.8. The van der Waals surface area contributed by atoms with Gasteiger partial charge in [-0.1, -0.05) is 40.2 Å². The number of carbonyl (C=O) groups is 4. The smallest absolute Gasteiger partial charge is 0.468 e. The highest BCUT2D eigenvalue weighted by atomic mass is 16.8. The van der Waals surface area contributed by atoms with Gasteiger partial charge in [-0.25, -0.2) is 9.59 Å². The number of ether oxygens (including phenoxy) is 6. The molecule has 0 aliphatic carbocycles. The van der Waals surface area contributed by atoms with Crippen LogP contribution in [-0.2, 0) is 35.0 Å². The van der Waals surface area contributed by atoms with Gasteiger partial charge in [0, 0.05) is 19.3 Å². The molecule has 0 spiro atoms. The van der Waals surface area contributed by atoms with Gasteiger partial charge in [-0.05, 0) is 71.1 Å². The summed E-state index contributed by atoms with van der Waals surface area (Å²) in [6.07, 6.45) is -0.656. The fraction of sp³-hybridized carbons (Fsp3) is 0.677. The minimum absolute atomic E-state index is 0.0362. The van der Waals surface area contributed by atoms with E-state index in [-0.39, 0.29) is 42.6 Å². The number of esters is 2. The third-order valence-corrected chi connectivity index (χ3v) is 7.12. The topological polar surface area (TPSA) is 150 Å². The maximum Gasteiger partial charge on any atom is 0.514 e. The first-order chi connectivity index (χ1) is 19.4. The molecule has 1 rings (SSSR count). The van der Waals surface area contributed by atoms with Gasteiger partial charge in [0.05, 0.1) is 7.11 Å². The summed E-state index contributed by atoms with van der Waals surface area (Å²) in [7, 11) is 1.21. The Morgan fingerprint density at radius 1 is 0.857 bits per heavy atom. The Bertz CT molecular complexity index is 1080. The number of nitrogens with two attached hydrogens (primary N) is 1. The predicted octanol–water partition coefficient (Wildman–Crippen LogP) is 6.27. The van der Waals surface area contributed by atoms with Gasteiger partial charge in [0.2, 0.25) is 0 Å².